The molecule has 0 radical (unpaired) electrons. The van der Waals surface area contributed by atoms with Crippen LogP contribution in [-0.4, -0.2) is 14.9 Å². The van der Waals surface area contributed by atoms with Crippen LogP contribution < -0.4 is 0 Å². The van der Waals surface area contributed by atoms with Crippen LogP contribution in [0.15, 0.2) is 10.7 Å². The van der Waals surface area contributed by atoms with Gasteiger partial charge in [0.05, 0.1) is 10.0 Å². The van der Waals surface area contributed by atoms with Crippen LogP contribution in [0.5, 0.6) is 5.88 Å². The quantitative estimate of drug-likeness (QED) is 0.725. The summed E-state index contributed by atoms with van der Waals surface area (Å²) in [7, 11) is 0. The normalized spacial score (nSPS) is 12.0. The van der Waals surface area contributed by atoms with Crippen molar-refractivity contribution in [3.8, 4) is 5.88 Å². The fourth-order valence-corrected chi connectivity index (χ4v) is 0.961. The monoisotopic (exact) mass is 218 g/mol. The standard InChI is InChI=1S/C7H11BrN2O/c1-7(2,3)10-4-5(8)6(11)9-10/h4H,1-3H3,(H,9,11). The molecule has 0 atom stereocenters. The Morgan fingerprint density at radius 3 is 2.27 bits per heavy atom. The number of aromatic hydroxyl groups is 1. The maximum Gasteiger partial charge on any atom is 0.244 e. The molecule has 0 spiro atoms. The van der Waals surface area contributed by atoms with Gasteiger partial charge in [0, 0.05) is 6.20 Å². The number of rotatable bonds is 0. The Bertz CT molecular complexity index is 242. The predicted octanol–water partition coefficient (Wildman–Crippen LogP) is 2.11. The van der Waals surface area contributed by atoms with E-state index in [1.54, 1.807) is 10.9 Å². The molecule has 1 aromatic heterocycles. The molecular formula is C7H11BrN2O. The lowest BCUT2D eigenvalue weighted by molar-refractivity contribution is 0.338. The summed E-state index contributed by atoms with van der Waals surface area (Å²) in [5.41, 5.74) is -0.0799. The molecule has 1 rings (SSSR count). The van der Waals surface area contributed by atoms with Crippen molar-refractivity contribution in [1.29, 1.82) is 0 Å². The third-order valence-corrected chi connectivity index (χ3v) is 1.90. The van der Waals surface area contributed by atoms with Crippen LogP contribution in [0.4, 0.5) is 0 Å². The van der Waals surface area contributed by atoms with E-state index in [0.717, 1.165) is 0 Å². The van der Waals surface area contributed by atoms with Gasteiger partial charge in [-0.15, -0.1) is 5.10 Å². The van der Waals surface area contributed by atoms with Crippen molar-refractivity contribution in [2.24, 2.45) is 0 Å². The predicted molar refractivity (Wildman–Crippen MR) is 46.6 cm³/mol. The Kier molecular flexibility index (Phi) is 1.96. The van der Waals surface area contributed by atoms with Crippen molar-refractivity contribution in [3.63, 3.8) is 0 Å². The summed E-state index contributed by atoms with van der Waals surface area (Å²) in [5, 5.41) is 13.0. The smallest absolute Gasteiger partial charge is 0.244 e. The van der Waals surface area contributed by atoms with Crippen molar-refractivity contribution in [2.45, 2.75) is 26.3 Å². The highest BCUT2D eigenvalue weighted by atomic mass is 79.9. The summed E-state index contributed by atoms with van der Waals surface area (Å²) in [6, 6.07) is 0. The summed E-state index contributed by atoms with van der Waals surface area (Å²) in [4.78, 5) is 0. The lowest BCUT2D eigenvalue weighted by Gasteiger charge is -2.18. The second-order valence-electron chi connectivity index (χ2n) is 3.42. The molecule has 0 saturated heterocycles. The molecule has 0 unspecified atom stereocenters. The maximum atomic E-state index is 9.12. The van der Waals surface area contributed by atoms with Gasteiger partial charge in [-0.3, -0.25) is 4.68 Å². The van der Waals surface area contributed by atoms with Crippen LogP contribution in [0.2, 0.25) is 0 Å². The highest BCUT2D eigenvalue weighted by Crippen LogP contribution is 2.24. The molecule has 0 aliphatic carbocycles. The van der Waals surface area contributed by atoms with Crippen molar-refractivity contribution < 1.29 is 5.11 Å². The molecule has 0 fully saturated rings. The molecule has 0 saturated carbocycles. The van der Waals surface area contributed by atoms with Gasteiger partial charge in [-0.25, -0.2) is 0 Å². The highest BCUT2D eigenvalue weighted by Gasteiger charge is 2.16. The minimum Gasteiger partial charge on any atom is -0.491 e. The molecule has 0 aliphatic heterocycles. The van der Waals surface area contributed by atoms with E-state index in [-0.39, 0.29) is 11.4 Å². The minimum absolute atomic E-state index is 0.0416. The van der Waals surface area contributed by atoms with Crippen LogP contribution in [0.25, 0.3) is 0 Å². The highest BCUT2D eigenvalue weighted by molar-refractivity contribution is 9.10. The van der Waals surface area contributed by atoms with E-state index in [1.165, 1.54) is 0 Å². The first-order valence-electron chi connectivity index (χ1n) is 3.36. The van der Waals surface area contributed by atoms with Crippen LogP contribution in [0, 0.1) is 0 Å². The number of aromatic nitrogens is 2. The first-order valence-corrected chi connectivity index (χ1v) is 4.15. The van der Waals surface area contributed by atoms with Gasteiger partial charge in [0.25, 0.3) is 0 Å². The average molecular weight is 219 g/mol. The van der Waals surface area contributed by atoms with Gasteiger partial charge in [0.2, 0.25) is 5.88 Å². The van der Waals surface area contributed by atoms with Gasteiger partial charge in [-0.2, -0.15) is 0 Å². The lowest BCUT2D eigenvalue weighted by Crippen LogP contribution is -2.21. The number of nitrogens with zero attached hydrogens (tertiary/aromatic N) is 2. The largest absolute Gasteiger partial charge is 0.491 e. The van der Waals surface area contributed by atoms with Crippen molar-refractivity contribution in [3.05, 3.63) is 10.7 Å². The second-order valence-corrected chi connectivity index (χ2v) is 4.27. The zero-order chi connectivity index (χ0) is 8.65. The number of hydrogen-bond donors (Lipinski definition) is 1. The van der Waals surface area contributed by atoms with E-state index in [9.17, 15) is 0 Å². The first-order chi connectivity index (χ1) is 4.91. The Balaban J connectivity index is 3.08. The minimum atomic E-state index is -0.0799. The molecule has 0 aliphatic rings. The second kappa shape index (κ2) is 2.52. The summed E-state index contributed by atoms with van der Waals surface area (Å²) in [6.45, 7) is 6.06. The van der Waals surface area contributed by atoms with Gasteiger partial charge in [-0.1, -0.05) is 0 Å². The summed E-state index contributed by atoms with van der Waals surface area (Å²) < 4.78 is 2.35. The molecule has 11 heavy (non-hydrogen) atoms. The van der Waals surface area contributed by atoms with E-state index in [4.69, 9.17) is 5.11 Å². The SMILES string of the molecule is CC(C)(C)n1cc(Br)c(O)n1. The molecule has 1 aromatic rings. The average Bonchev–Trinajstić information content (AvgIpc) is 2.11. The van der Waals surface area contributed by atoms with E-state index in [0.29, 0.717) is 4.47 Å². The van der Waals surface area contributed by atoms with Crippen LogP contribution >= 0.6 is 15.9 Å². The third kappa shape index (κ3) is 1.74. The summed E-state index contributed by atoms with van der Waals surface area (Å²) in [5.74, 6) is 0.0416. The fraction of sp³-hybridized carbons (Fsp3) is 0.571. The van der Waals surface area contributed by atoms with Crippen molar-refractivity contribution in [2.75, 3.05) is 0 Å². The molecule has 0 bridgehead atoms. The van der Waals surface area contributed by atoms with Crippen molar-refractivity contribution >= 4 is 15.9 Å². The molecule has 1 heterocycles. The Morgan fingerprint density at radius 1 is 1.55 bits per heavy atom. The molecular weight excluding hydrogens is 208 g/mol. The maximum absolute atomic E-state index is 9.12. The summed E-state index contributed by atoms with van der Waals surface area (Å²) >= 11 is 3.18. The van der Waals surface area contributed by atoms with Gasteiger partial charge in [-0.05, 0) is 36.7 Å². The van der Waals surface area contributed by atoms with Crippen LogP contribution in [0.1, 0.15) is 20.8 Å². The molecule has 3 nitrogen and oxygen atoms in total. The van der Waals surface area contributed by atoms with Gasteiger partial charge in [0.1, 0.15) is 0 Å². The van der Waals surface area contributed by atoms with E-state index in [2.05, 4.69) is 21.0 Å². The Hall–Kier alpha value is -0.510. The van der Waals surface area contributed by atoms with Gasteiger partial charge >= 0.3 is 0 Å². The first kappa shape index (κ1) is 8.59. The Labute approximate surface area is 74.2 Å². The van der Waals surface area contributed by atoms with E-state index in [1.807, 2.05) is 20.8 Å². The molecule has 0 amide bonds. The Morgan fingerprint density at radius 2 is 2.09 bits per heavy atom. The van der Waals surface area contributed by atoms with E-state index >= 15 is 0 Å². The van der Waals surface area contributed by atoms with Gasteiger partial charge < -0.3 is 5.11 Å². The van der Waals surface area contributed by atoms with Crippen LogP contribution in [0.3, 0.4) is 0 Å². The summed E-state index contributed by atoms with van der Waals surface area (Å²) in [6.07, 6.45) is 1.76. The fourth-order valence-electron chi connectivity index (χ4n) is 0.687. The number of halogens is 1. The lowest BCUT2D eigenvalue weighted by atomic mass is 10.1. The third-order valence-electron chi connectivity index (χ3n) is 1.34. The zero-order valence-corrected chi connectivity index (χ0v) is 8.38. The number of hydrogen-bond acceptors (Lipinski definition) is 2. The zero-order valence-electron chi connectivity index (χ0n) is 6.80. The molecule has 4 heteroatoms. The van der Waals surface area contributed by atoms with Gasteiger partial charge in [0.15, 0.2) is 0 Å². The van der Waals surface area contributed by atoms with Crippen molar-refractivity contribution in [1.82, 2.24) is 9.78 Å². The molecule has 1 N–H and O–H groups in total. The van der Waals surface area contributed by atoms with E-state index < -0.39 is 0 Å². The topological polar surface area (TPSA) is 38.0 Å². The van der Waals surface area contributed by atoms with Crippen LogP contribution in [-0.2, 0) is 5.54 Å². The molecule has 62 valence electrons. The molecule has 0 aromatic carbocycles.